The molecule has 0 unspecified atom stereocenters. The van der Waals surface area contributed by atoms with E-state index in [-0.39, 0.29) is 11.8 Å². The Kier molecular flexibility index (Phi) is 6.81. The minimum Gasteiger partial charge on any atom is -0.493 e. The number of allylic oxidation sites excluding steroid dienone is 1. The minimum absolute atomic E-state index is 0.0638. The molecule has 0 saturated carbocycles. The molecular formula is C23H28N4O4. The van der Waals surface area contributed by atoms with Gasteiger partial charge in [-0.2, -0.15) is 0 Å². The lowest BCUT2D eigenvalue weighted by molar-refractivity contribution is -0.116. The highest BCUT2D eigenvalue weighted by Gasteiger charge is 2.29. The minimum atomic E-state index is -0.183. The normalized spacial score (nSPS) is 13.9. The summed E-state index contributed by atoms with van der Waals surface area (Å²) in [7, 11) is 3.12. The maximum absolute atomic E-state index is 12.8. The Morgan fingerprint density at radius 1 is 1.13 bits per heavy atom. The van der Waals surface area contributed by atoms with Crippen molar-refractivity contribution in [3.05, 3.63) is 47.7 Å². The second-order valence-electron chi connectivity index (χ2n) is 7.05. The number of nitrogens with zero attached hydrogens (tertiary/aromatic N) is 1. The summed E-state index contributed by atoms with van der Waals surface area (Å²) in [4.78, 5) is 26.2. The summed E-state index contributed by atoms with van der Waals surface area (Å²) in [5.74, 6) is 0.860. The van der Waals surface area contributed by atoms with Gasteiger partial charge in [-0.1, -0.05) is 6.92 Å². The van der Waals surface area contributed by atoms with Crippen molar-refractivity contribution in [1.29, 1.82) is 0 Å². The highest BCUT2D eigenvalue weighted by Crippen LogP contribution is 2.42. The van der Waals surface area contributed by atoms with Gasteiger partial charge in [-0.15, -0.1) is 0 Å². The van der Waals surface area contributed by atoms with E-state index in [1.165, 1.54) is 6.92 Å². The molecule has 8 nitrogen and oxygen atoms in total. The Bertz CT molecular complexity index is 1010. The molecule has 0 bridgehead atoms. The molecular weight excluding hydrogens is 396 g/mol. The van der Waals surface area contributed by atoms with Crippen LogP contribution in [-0.2, 0) is 9.59 Å². The fraction of sp³-hybridized carbons (Fsp3) is 0.304. The molecule has 0 atom stereocenters. The molecule has 2 amide bonds. The highest BCUT2D eigenvalue weighted by molar-refractivity contribution is 6.32. The van der Waals surface area contributed by atoms with Crippen LogP contribution in [-0.4, -0.2) is 39.1 Å². The van der Waals surface area contributed by atoms with Gasteiger partial charge in [0, 0.05) is 48.7 Å². The summed E-state index contributed by atoms with van der Waals surface area (Å²) in [6.07, 6.45) is 0.616. The van der Waals surface area contributed by atoms with Gasteiger partial charge in [0.1, 0.15) is 0 Å². The zero-order valence-corrected chi connectivity index (χ0v) is 18.2. The number of carbonyl (C=O) groups is 2. The third-order valence-electron chi connectivity index (χ3n) is 5.13. The van der Waals surface area contributed by atoms with Crippen LogP contribution < -0.4 is 30.7 Å². The molecule has 2 aromatic rings. The fourth-order valence-electron chi connectivity index (χ4n) is 3.62. The number of nitrogens with one attached hydrogen (secondary N) is 2. The number of carbonyl (C=O) groups excluding carboxylic acids is 2. The van der Waals surface area contributed by atoms with Crippen LogP contribution in [0.4, 0.5) is 17.1 Å². The molecule has 0 radical (unpaired) electrons. The second kappa shape index (κ2) is 9.53. The van der Waals surface area contributed by atoms with Crippen molar-refractivity contribution in [3.63, 3.8) is 0 Å². The number of anilines is 3. The van der Waals surface area contributed by atoms with Gasteiger partial charge in [0.2, 0.25) is 5.91 Å². The molecule has 1 aliphatic heterocycles. The van der Waals surface area contributed by atoms with Crippen molar-refractivity contribution in [1.82, 2.24) is 0 Å². The van der Waals surface area contributed by atoms with Gasteiger partial charge in [0.05, 0.1) is 25.5 Å². The van der Waals surface area contributed by atoms with E-state index in [4.69, 9.17) is 15.2 Å². The van der Waals surface area contributed by atoms with Crippen molar-refractivity contribution in [2.24, 2.45) is 5.73 Å². The van der Waals surface area contributed by atoms with E-state index in [2.05, 4.69) is 10.6 Å². The van der Waals surface area contributed by atoms with E-state index in [9.17, 15) is 9.59 Å². The van der Waals surface area contributed by atoms with Gasteiger partial charge in [-0.25, -0.2) is 0 Å². The van der Waals surface area contributed by atoms with Crippen LogP contribution >= 0.6 is 0 Å². The molecule has 0 spiro atoms. The lowest BCUT2D eigenvalue weighted by Gasteiger charge is -2.21. The van der Waals surface area contributed by atoms with E-state index in [0.717, 1.165) is 22.6 Å². The Labute approximate surface area is 182 Å². The summed E-state index contributed by atoms with van der Waals surface area (Å²) in [6.45, 7) is 4.33. The Morgan fingerprint density at radius 2 is 1.77 bits per heavy atom. The number of nitrogens with two attached hydrogens (primary N) is 1. The number of hydrogen-bond donors (Lipinski definition) is 3. The molecule has 1 aliphatic rings. The van der Waals surface area contributed by atoms with Gasteiger partial charge in [-0.3, -0.25) is 9.59 Å². The molecule has 164 valence electrons. The number of hydrogen-bond acceptors (Lipinski definition) is 6. The molecule has 0 fully saturated rings. The molecule has 2 aromatic carbocycles. The predicted molar refractivity (Wildman–Crippen MR) is 123 cm³/mol. The predicted octanol–water partition coefficient (Wildman–Crippen LogP) is 3.20. The lowest BCUT2D eigenvalue weighted by atomic mass is 10.0. The van der Waals surface area contributed by atoms with E-state index < -0.39 is 0 Å². The van der Waals surface area contributed by atoms with Crippen LogP contribution in [0.2, 0.25) is 0 Å². The molecule has 0 aliphatic carbocycles. The van der Waals surface area contributed by atoms with E-state index in [0.29, 0.717) is 42.3 Å². The smallest absolute Gasteiger partial charge is 0.258 e. The van der Waals surface area contributed by atoms with Crippen molar-refractivity contribution in [2.75, 3.05) is 42.8 Å². The zero-order valence-electron chi connectivity index (χ0n) is 18.2. The van der Waals surface area contributed by atoms with Crippen LogP contribution in [0.5, 0.6) is 11.5 Å². The van der Waals surface area contributed by atoms with E-state index in [1.54, 1.807) is 31.3 Å². The maximum Gasteiger partial charge on any atom is 0.258 e. The van der Waals surface area contributed by atoms with Crippen LogP contribution in [0.25, 0.3) is 5.57 Å². The highest BCUT2D eigenvalue weighted by atomic mass is 16.5. The van der Waals surface area contributed by atoms with E-state index in [1.807, 2.05) is 31.2 Å². The lowest BCUT2D eigenvalue weighted by Crippen LogP contribution is -2.33. The second-order valence-corrected chi connectivity index (χ2v) is 7.05. The average molecular weight is 425 g/mol. The van der Waals surface area contributed by atoms with Crippen LogP contribution in [0.1, 0.15) is 25.8 Å². The topological polar surface area (TPSA) is 106 Å². The number of benzene rings is 2. The number of amides is 2. The standard InChI is InChI=1S/C23H28N4O4/c1-5-18(25-15-6-8-16(9-7-15)27(11-10-24)14(2)28)22-17-12-20(30-3)21(31-4)13-19(17)26-23(22)29/h6-9,12-13,25H,5,10-11,24H2,1-4H3,(H,26,29). The van der Waals surface area contributed by atoms with Crippen LogP contribution in [0.15, 0.2) is 42.1 Å². The average Bonchev–Trinajstić information content (AvgIpc) is 3.09. The Hall–Kier alpha value is -3.52. The quantitative estimate of drug-likeness (QED) is 0.562. The first-order valence-corrected chi connectivity index (χ1v) is 10.1. The largest absolute Gasteiger partial charge is 0.493 e. The molecule has 31 heavy (non-hydrogen) atoms. The van der Waals surface area contributed by atoms with Crippen molar-refractivity contribution < 1.29 is 19.1 Å². The zero-order chi connectivity index (χ0) is 22.5. The molecule has 4 N–H and O–H groups in total. The third-order valence-corrected chi connectivity index (χ3v) is 5.13. The van der Waals surface area contributed by atoms with Gasteiger partial charge in [0.15, 0.2) is 11.5 Å². The number of methoxy groups -OCH3 is 2. The summed E-state index contributed by atoms with van der Waals surface area (Å²) in [6, 6.07) is 11.0. The first kappa shape index (κ1) is 22.2. The number of rotatable bonds is 8. The Morgan fingerprint density at radius 3 is 2.32 bits per heavy atom. The molecule has 0 aromatic heterocycles. The Balaban J connectivity index is 1.94. The van der Waals surface area contributed by atoms with Crippen molar-refractivity contribution in [2.45, 2.75) is 20.3 Å². The molecule has 3 rings (SSSR count). The summed E-state index contributed by atoms with van der Waals surface area (Å²) in [5.41, 5.74) is 9.98. The van der Waals surface area contributed by atoms with Crippen LogP contribution in [0, 0.1) is 0 Å². The van der Waals surface area contributed by atoms with Crippen molar-refractivity contribution >= 4 is 34.4 Å². The van der Waals surface area contributed by atoms with Gasteiger partial charge in [-0.05, 0) is 36.8 Å². The third kappa shape index (κ3) is 4.49. The first-order chi connectivity index (χ1) is 14.9. The molecule has 0 saturated heterocycles. The van der Waals surface area contributed by atoms with Crippen LogP contribution in [0.3, 0.4) is 0 Å². The monoisotopic (exact) mass is 424 g/mol. The SMILES string of the molecule is CCC(Nc1ccc(N(CCN)C(C)=O)cc1)=C1C(=O)Nc2cc(OC)c(OC)cc21. The molecule has 1 heterocycles. The summed E-state index contributed by atoms with van der Waals surface area (Å²) >= 11 is 0. The fourth-order valence-corrected chi connectivity index (χ4v) is 3.62. The summed E-state index contributed by atoms with van der Waals surface area (Å²) < 4.78 is 10.7. The van der Waals surface area contributed by atoms with Crippen molar-refractivity contribution in [3.8, 4) is 11.5 Å². The number of fused-ring (bicyclic) bond motifs is 1. The summed E-state index contributed by atoms with van der Waals surface area (Å²) in [5, 5.41) is 6.25. The molecule has 8 heteroatoms. The van der Waals surface area contributed by atoms with Gasteiger partial charge >= 0.3 is 0 Å². The van der Waals surface area contributed by atoms with E-state index >= 15 is 0 Å². The first-order valence-electron chi connectivity index (χ1n) is 10.1. The number of ether oxygens (including phenoxy) is 2. The maximum atomic E-state index is 12.8. The van der Waals surface area contributed by atoms with Gasteiger partial charge in [0.25, 0.3) is 5.91 Å². The van der Waals surface area contributed by atoms with Gasteiger partial charge < -0.3 is 30.7 Å².